The fourth-order valence-corrected chi connectivity index (χ4v) is 0.936. The smallest absolute Gasteiger partial charge is 0.347 e. The van der Waals surface area contributed by atoms with E-state index in [1.807, 2.05) is 6.92 Å². The van der Waals surface area contributed by atoms with Crippen molar-refractivity contribution >= 4 is 11.9 Å². The molecule has 76 valence electrons. The molecule has 3 N–H and O–H groups in total. The van der Waals surface area contributed by atoms with Crippen molar-refractivity contribution in [1.29, 1.82) is 0 Å². The maximum atomic E-state index is 10.4. The minimum atomic E-state index is -2.62. The first-order valence-electron chi connectivity index (χ1n) is 4.14. The summed E-state index contributed by atoms with van der Waals surface area (Å²) in [4.78, 5) is 20.9. The van der Waals surface area contributed by atoms with E-state index in [0.717, 1.165) is 6.42 Å². The summed E-state index contributed by atoms with van der Waals surface area (Å²) in [6.45, 7) is 1.90. The van der Waals surface area contributed by atoms with Crippen molar-refractivity contribution in [1.82, 2.24) is 0 Å². The summed E-state index contributed by atoms with van der Waals surface area (Å²) in [5.74, 6) is -3.40. The van der Waals surface area contributed by atoms with Crippen molar-refractivity contribution in [2.24, 2.45) is 0 Å². The molecular formula is C8H14O5. The molecule has 0 rings (SSSR count). The molecule has 0 aliphatic rings. The quantitative estimate of drug-likeness (QED) is 0.418. The fourth-order valence-electron chi connectivity index (χ4n) is 0.936. The monoisotopic (exact) mass is 190 g/mol. The van der Waals surface area contributed by atoms with Gasteiger partial charge in [-0.25, -0.2) is 9.59 Å². The van der Waals surface area contributed by atoms with Crippen LogP contribution in [0.3, 0.4) is 0 Å². The summed E-state index contributed by atoms with van der Waals surface area (Å²) in [5.41, 5.74) is -2.62. The Morgan fingerprint density at radius 3 is 1.92 bits per heavy atom. The second kappa shape index (κ2) is 4.81. The molecule has 0 atom stereocenters. The molecule has 0 heterocycles. The normalized spacial score (nSPS) is 11.2. The highest BCUT2D eigenvalue weighted by molar-refractivity contribution is 6.01. The Kier molecular flexibility index (Phi) is 4.40. The average Bonchev–Trinajstić information content (AvgIpc) is 2.03. The number of hydrogen-bond acceptors (Lipinski definition) is 3. The van der Waals surface area contributed by atoms with E-state index in [-0.39, 0.29) is 6.42 Å². The lowest BCUT2D eigenvalue weighted by Gasteiger charge is -2.17. The zero-order valence-corrected chi connectivity index (χ0v) is 7.49. The predicted molar refractivity (Wildman–Crippen MR) is 44.4 cm³/mol. The second-order valence-electron chi connectivity index (χ2n) is 2.93. The molecule has 0 bridgehead atoms. The molecule has 0 aliphatic carbocycles. The van der Waals surface area contributed by atoms with E-state index in [4.69, 9.17) is 10.2 Å². The van der Waals surface area contributed by atoms with Gasteiger partial charge in [0.25, 0.3) is 5.60 Å². The fraction of sp³-hybridized carbons (Fsp3) is 0.750. The third kappa shape index (κ3) is 3.02. The number of unbranched alkanes of at least 4 members (excludes halogenated alkanes) is 2. The number of rotatable bonds is 6. The van der Waals surface area contributed by atoms with Gasteiger partial charge in [-0.15, -0.1) is 0 Å². The largest absolute Gasteiger partial charge is 0.479 e. The topological polar surface area (TPSA) is 94.8 Å². The summed E-state index contributed by atoms with van der Waals surface area (Å²) in [6.07, 6.45) is 1.70. The van der Waals surface area contributed by atoms with Crippen LogP contribution >= 0.6 is 0 Å². The predicted octanol–water partition coefficient (Wildman–Crippen LogP) is 0.467. The van der Waals surface area contributed by atoms with E-state index in [9.17, 15) is 14.7 Å². The van der Waals surface area contributed by atoms with Crippen molar-refractivity contribution < 1.29 is 24.9 Å². The van der Waals surface area contributed by atoms with Crippen molar-refractivity contribution in [3.63, 3.8) is 0 Å². The van der Waals surface area contributed by atoms with Gasteiger partial charge in [0.1, 0.15) is 0 Å². The lowest BCUT2D eigenvalue weighted by molar-refractivity contribution is -0.176. The van der Waals surface area contributed by atoms with Crippen molar-refractivity contribution in [2.75, 3.05) is 0 Å². The highest BCUT2D eigenvalue weighted by Gasteiger charge is 2.43. The van der Waals surface area contributed by atoms with Gasteiger partial charge in [0.15, 0.2) is 0 Å². The van der Waals surface area contributed by atoms with Crippen LogP contribution in [0.4, 0.5) is 0 Å². The average molecular weight is 190 g/mol. The molecule has 0 aromatic carbocycles. The van der Waals surface area contributed by atoms with Crippen LogP contribution in [0.1, 0.15) is 32.6 Å². The first kappa shape index (κ1) is 11.9. The van der Waals surface area contributed by atoms with E-state index in [1.165, 1.54) is 0 Å². The van der Waals surface area contributed by atoms with E-state index in [2.05, 4.69) is 0 Å². The maximum absolute atomic E-state index is 10.4. The van der Waals surface area contributed by atoms with Crippen molar-refractivity contribution in [2.45, 2.75) is 38.2 Å². The van der Waals surface area contributed by atoms with Crippen LogP contribution in [0.15, 0.2) is 0 Å². The second-order valence-corrected chi connectivity index (χ2v) is 2.93. The van der Waals surface area contributed by atoms with Crippen LogP contribution in [0.25, 0.3) is 0 Å². The van der Waals surface area contributed by atoms with Gasteiger partial charge in [0.05, 0.1) is 0 Å². The summed E-state index contributed by atoms with van der Waals surface area (Å²) < 4.78 is 0. The maximum Gasteiger partial charge on any atom is 0.347 e. The van der Waals surface area contributed by atoms with Gasteiger partial charge in [-0.05, 0) is 12.8 Å². The molecule has 0 saturated carbocycles. The molecule has 0 radical (unpaired) electrons. The van der Waals surface area contributed by atoms with E-state index >= 15 is 0 Å². The van der Waals surface area contributed by atoms with Gasteiger partial charge in [-0.1, -0.05) is 19.8 Å². The van der Waals surface area contributed by atoms with E-state index < -0.39 is 17.5 Å². The van der Waals surface area contributed by atoms with Crippen LogP contribution in [0.2, 0.25) is 0 Å². The number of carboxylic acid groups (broad SMARTS) is 2. The SMILES string of the molecule is CCCCCC(O)(C(=O)O)C(=O)O. The van der Waals surface area contributed by atoms with Gasteiger partial charge in [-0.3, -0.25) is 0 Å². The summed E-state index contributed by atoms with van der Waals surface area (Å²) in [6, 6.07) is 0. The Morgan fingerprint density at radius 2 is 1.62 bits per heavy atom. The third-order valence-electron chi connectivity index (χ3n) is 1.85. The van der Waals surface area contributed by atoms with Gasteiger partial charge in [-0.2, -0.15) is 0 Å². The van der Waals surface area contributed by atoms with Gasteiger partial charge in [0, 0.05) is 0 Å². The number of aliphatic hydroxyl groups is 1. The molecule has 0 saturated heterocycles. The molecular weight excluding hydrogens is 176 g/mol. The first-order valence-corrected chi connectivity index (χ1v) is 4.14. The Labute approximate surface area is 76.0 Å². The van der Waals surface area contributed by atoms with Crippen LogP contribution < -0.4 is 0 Å². The molecule has 0 aromatic heterocycles. The molecule has 5 nitrogen and oxygen atoms in total. The molecule has 0 amide bonds. The van der Waals surface area contributed by atoms with Crippen molar-refractivity contribution in [3.8, 4) is 0 Å². The first-order chi connectivity index (χ1) is 5.95. The van der Waals surface area contributed by atoms with Gasteiger partial charge < -0.3 is 15.3 Å². The standard InChI is InChI=1S/C8H14O5/c1-2-3-4-5-8(13,6(9)10)7(11)12/h13H,2-5H2,1H3,(H,9,10)(H,11,12). The van der Waals surface area contributed by atoms with Crippen LogP contribution in [-0.4, -0.2) is 32.9 Å². The minimum Gasteiger partial charge on any atom is -0.479 e. The van der Waals surface area contributed by atoms with Gasteiger partial charge in [0.2, 0.25) is 0 Å². The van der Waals surface area contributed by atoms with Crippen LogP contribution in [0.5, 0.6) is 0 Å². The molecule has 0 spiro atoms. The summed E-state index contributed by atoms with van der Waals surface area (Å²) in [5, 5.41) is 26.1. The highest BCUT2D eigenvalue weighted by Crippen LogP contribution is 2.15. The number of aliphatic carboxylic acids is 2. The zero-order chi connectivity index (χ0) is 10.5. The molecule has 0 aromatic rings. The number of carboxylic acids is 2. The number of carbonyl (C=O) groups is 2. The number of hydrogen-bond donors (Lipinski definition) is 3. The molecule has 0 fully saturated rings. The zero-order valence-electron chi connectivity index (χ0n) is 7.49. The molecule has 13 heavy (non-hydrogen) atoms. The van der Waals surface area contributed by atoms with Gasteiger partial charge >= 0.3 is 11.9 Å². The Morgan fingerprint density at radius 1 is 1.15 bits per heavy atom. The summed E-state index contributed by atoms with van der Waals surface area (Å²) >= 11 is 0. The lowest BCUT2D eigenvalue weighted by atomic mass is 9.96. The third-order valence-corrected chi connectivity index (χ3v) is 1.85. The van der Waals surface area contributed by atoms with Crippen LogP contribution in [-0.2, 0) is 9.59 Å². The van der Waals surface area contributed by atoms with E-state index in [1.54, 1.807) is 0 Å². The Hall–Kier alpha value is -1.10. The summed E-state index contributed by atoms with van der Waals surface area (Å²) in [7, 11) is 0. The minimum absolute atomic E-state index is 0.245. The Bertz CT molecular complexity index is 185. The Balaban J connectivity index is 4.26. The van der Waals surface area contributed by atoms with E-state index in [0.29, 0.717) is 12.8 Å². The van der Waals surface area contributed by atoms with Crippen molar-refractivity contribution in [3.05, 3.63) is 0 Å². The molecule has 0 aliphatic heterocycles. The highest BCUT2D eigenvalue weighted by atomic mass is 16.4. The van der Waals surface area contributed by atoms with Crippen LogP contribution in [0, 0.1) is 0 Å². The molecule has 0 unspecified atom stereocenters. The lowest BCUT2D eigenvalue weighted by Crippen LogP contribution is -2.46. The molecule has 5 heteroatoms.